The van der Waals surface area contributed by atoms with Crippen LogP contribution in [0.25, 0.3) is 5.65 Å². The fourth-order valence-electron chi connectivity index (χ4n) is 1.37. The van der Waals surface area contributed by atoms with E-state index >= 15 is 0 Å². The van der Waals surface area contributed by atoms with Gasteiger partial charge in [-0.2, -0.15) is 5.10 Å². The van der Waals surface area contributed by atoms with Crippen LogP contribution < -0.4 is 5.73 Å². The number of hydrogen-bond acceptors (Lipinski definition) is 3. The van der Waals surface area contributed by atoms with Gasteiger partial charge < -0.3 is 5.73 Å². The molecule has 0 spiro atoms. The maximum absolute atomic E-state index is 5.93. The fraction of sp³-hybridized carbons (Fsp3) is 0.333. The second kappa shape index (κ2) is 3.24. The van der Waals surface area contributed by atoms with Crippen LogP contribution in [0.4, 0.5) is 5.69 Å². The number of fused-ring (bicyclic) bond motifs is 1. The minimum Gasteiger partial charge on any atom is -0.394 e. The van der Waals surface area contributed by atoms with Gasteiger partial charge in [0.1, 0.15) is 5.69 Å². The first-order chi connectivity index (χ1) is 6.59. The Morgan fingerprint density at radius 1 is 1.50 bits per heavy atom. The number of anilines is 1. The minimum atomic E-state index is 0.315. The van der Waals surface area contributed by atoms with Crippen LogP contribution in [0.2, 0.25) is 0 Å². The molecule has 0 radical (unpaired) electrons. The van der Waals surface area contributed by atoms with Gasteiger partial charge in [0.25, 0.3) is 0 Å². The molecule has 2 rings (SSSR count). The summed E-state index contributed by atoms with van der Waals surface area (Å²) >= 11 is 3.34. The number of hydrogen-bond donors (Lipinski definition) is 1. The molecular weight excluding hydrogens is 244 g/mol. The standard InChI is InChI=1S/C9H11BrN4/c1-5(2)8-7(11)9-12-3-6(10)4-14(9)13-8/h3-5H,11H2,1-2H3. The highest BCUT2D eigenvalue weighted by Gasteiger charge is 2.13. The molecule has 0 aliphatic heterocycles. The molecule has 0 amide bonds. The van der Waals surface area contributed by atoms with Gasteiger partial charge in [-0.15, -0.1) is 0 Å². The highest BCUT2D eigenvalue weighted by atomic mass is 79.9. The van der Waals surface area contributed by atoms with Crippen LogP contribution in [-0.4, -0.2) is 14.6 Å². The molecule has 4 nitrogen and oxygen atoms in total. The van der Waals surface area contributed by atoms with Crippen LogP contribution in [0.5, 0.6) is 0 Å². The van der Waals surface area contributed by atoms with Gasteiger partial charge in [-0.1, -0.05) is 13.8 Å². The second-order valence-electron chi connectivity index (χ2n) is 3.49. The Morgan fingerprint density at radius 3 is 2.86 bits per heavy atom. The second-order valence-corrected chi connectivity index (χ2v) is 4.41. The van der Waals surface area contributed by atoms with Gasteiger partial charge in [0.05, 0.1) is 10.2 Å². The highest BCUT2D eigenvalue weighted by Crippen LogP contribution is 2.24. The zero-order valence-electron chi connectivity index (χ0n) is 8.03. The molecule has 0 aromatic carbocycles. The molecule has 74 valence electrons. The smallest absolute Gasteiger partial charge is 0.178 e. The Kier molecular flexibility index (Phi) is 2.19. The molecule has 0 aliphatic rings. The van der Waals surface area contributed by atoms with Crippen molar-refractivity contribution in [1.82, 2.24) is 14.6 Å². The molecule has 0 unspecified atom stereocenters. The number of nitrogen functional groups attached to an aromatic ring is 1. The summed E-state index contributed by atoms with van der Waals surface area (Å²) in [6.45, 7) is 4.13. The Balaban J connectivity index is 2.73. The monoisotopic (exact) mass is 254 g/mol. The van der Waals surface area contributed by atoms with Crippen molar-refractivity contribution in [2.45, 2.75) is 19.8 Å². The van der Waals surface area contributed by atoms with Gasteiger partial charge in [-0.3, -0.25) is 0 Å². The first kappa shape index (κ1) is 9.45. The van der Waals surface area contributed by atoms with Crippen LogP contribution in [0.15, 0.2) is 16.9 Å². The summed E-state index contributed by atoms with van der Waals surface area (Å²) in [6.07, 6.45) is 3.57. The SMILES string of the molecule is CC(C)c1nn2cc(Br)cnc2c1N. The first-order valence-corrected chi connectivity index (χ1v) is 5.18. The average molecular weight is 255 g/mol. The van der Waals surface area contributed by atoms with Crippen molar-refractivity contribution < 1.29 is 0 Å². The molecule has 0 atom stereocenters. The third-order valence-corrected chi connectivity index (χ3v) is 2.46. The van der Waals surface area contributed by atoms with E-state index in [4.69, 9.17) is 5.73 Å². The number of rotatable bonds is 1. The molecule has 2 aromatic rings. The van der Waals surface area contributed by atoms with Crippen LogP contribution in [-0.2, 0) is 0 Å². The lowest BCUT2D eigenvalue weighted by atomic mass is 10.1. The average Bonchev–Trinajstić information content (AvgIpc) is 2.43. The van der Waals surface area contributed by atoms with Gasteiger partial charge in [0.15, 0.2) is 5.65 Å². The Labute approximate surface area is 90.3 Å². The lowest BCUT2D eigenvalue weighted by molar-refractivity contribution is 0.787. The third kappa shape index (κ3) is 1.37. The summed E-state index contributed by atoms with van der Waals surface area (Å²) in [5.74, 6) is 0.315. The summed E-state index contributed by atoms with van der Waals surface area (Å²) in [5, 5.41) is 4.37. The molecule has 0 saturated heterocycles. The van der Waals surface area contributed by atoms with E-state index in [-0.39, 0.29) is 0 Å². The van der Waals surface area contributed by atoms with E-state index < -0.39 is 0 Å². The maximum Gasteiger partial charge on any atom is 0.178 e. The van der Waals surface area contributed by atoms with Crippen molar-refractivity contribution in [2.75, 3.05) is 5.73 Å². The first-order valence-electron chi connectivity index (χ1n) is 4.39. The van der Waals surface area contributed by atoms with Gasteiger partial charge in [0, 0.05) is 12.4 Å². The molecule has 0 bridgehead atoms. The molecule has 2 heterocycles. The lowest BCUT2D eigenvalue weighted by Crippen LogP contribution is -1.94. The van der Waals surface area contributed by atoms with Crippen LogP contribution in [0.1, 0.15) is 25.5 Å². The molecule has 5 heteroatoms. The van der Waals surface area contributed by atoms with Crippen molar-refractivity contribution in [3.05, 3.63) is 22.6 Å². The Bertz CT molecular complexity index is 475. The number of halogens is 1. The van der Waals surface area contributed by atoms with Gasteiger partial charge in [0.2, 0.25) is 0 Å². The van der Waals surface area contributed by atoms with Crippen molar-refractivity contribution in [3.63, 3.8) is 0 Å². The number of nitrogens with two attached hydrogens (primary N) is 1. The molecule has 0 saturated carbocycles. The van der Waals surface area contributed by atoms with Crippen LogP contribution in [0.3, 0.4) is 0 Å². The van der Waals surface area contributed by atoms with E-state index in [0.29, 0.717) is 11.6 Å². The predicted octanol–water partition coefficient (Wildman–Crippen LogP) is 2.20. The van der Waals surface area contributed by atoms with E-state index in [0.717, 1.165) is 15.8 Å². The van der Waals surface area contributed by atoms with Gasteiger partial charge in [-0.05, 0) is 21.8 Å². The molecule has 2 N–H and O–H groups in total. The fourth-order valence-corrected chi connectivity index (χ4v) is 1.67. The van der Waals surface area contributed by atoms with Gasteiger partial charge >= 0.3 is 0 Å². The largest absolute Gasteiger partial charge is 0.394 e. The zero-order valence-corrected chi connectivity index (χ0v) is 9.62. The van der Waals surface area contributed by atoms with E-state index in [1.165, 1.54) is 0 Å². The zero-order chi connectivity index (χ0) is 10.3. The number of aromatic nitrogens is 3. The quantitative estimate of drug-likeness (QED) is 0.849. The van der Waals surface area contributed by atoms with Crippen LogP contribution >= 0.6 is 15.9 Å². The number of nitrogens with zero attached hydrogens (tertiary/aromatic N) is 3. The van der Waals surface area contributed by atoms with Crippen molar-refractivity contribution in [1.29, 1.82) is 0 Å². The minimum absolute atomic E-state index is 0.315. The summed E-state index contributed by atoms with van der Waals surface area (Å²) in [7, 11) is 0. The van der Waals surface area contributed by atoms with E-state index in [9.17, 15) is 0 Å². The summed E-state index contributed by atoms with van der Waals surface area (Å²) < 4.78 is 2.59. The van der Waals surface area contributed by atoms with Crippen LogP contribution in [0, 0.1) is 0 Å². The van der Waals surface area contributed by atoms with E-state index in [1.54, 1.807) is 10.7 Å². The van der Waals surface area contributed by atoms with E-state index in [2.05, 4.69) is 39.9 Å². The molecule has 14 heavy (non-hydrogen) atoms. The summed E-state index contributed by atoms with van der Waals surface area (Å²) in [4.78, 5) is 4.21. The molecule has 0 aliphatic carbocycles. The van der Waals surface area contributed by atoms with E-state index in [1.807, 2.05) is 6.20 Å². The normalized spacial score (nSPS) is 11.4. The molecular formula is C9H11BrN4. The predicted molar refractivity (Wildman–Crippen MR) is 59.2 cm³/mol. The third-order valence-electron chi connectivity index (χ3n) is 2.05. The molecule has 2 aromatic heterocycles. The van der Waals surface area contributed by atoms with Gasteiger partial charge in [-0.25, -0.2) is 9.50 Å². The Morgan fingerprint density at radius 2 is 2.21 bits per heavy atom. The van der Waals surface area contributed by atoms with Crippen molar-refractivity contribution in [3.8, 4) is 0 Å². The summed E-state index contributed by atoms with van der Waals surface area (Å²) in [6, 6.07) is 0. The maximum atomic E-state index is 5.93. The topological polar surface area (TPSA) is 56.2 Å². The van der Waals surface area contributed by atoms with Crippen molar-refractivity contribution >= 4 is 27.3 Å². The molecule has 0 fully saturated rings. The summed E-state index contributed by atoms with van der Waals surface area (Å²) in [5.41, 5.74) is 8.22. The Hall–Kier alpha value is -1.10. The highest BCUT2D eigenvalue weighted by molar-refractivity contribution is 9.10. The van der Waals surface area contributed by atoms with Crippen molar-refractivity contribution in [2.24, 2.45) is 0 Å². The lowest BCUT2D eigenvalue weighted by Gasteiger charge is -1.98.